The fourth-order valence-corrected chi connectivity index (χ4v) is 4.36. The first-order chi connectivity index (χ1) is 15.5. The Morgan fingerprint density at radius 2 is 1.75 bits per heavy atom. The summed E-state index contributed by atoms with van der Waals surface area (Å²) in [4.78, 5) is 30.4. The Bertz CT molecular complexity index is 1250. The fourth-order valence-electron chi connectivity index (χ4n) is 3.29. The van der Waals surface area contributed by atoms with E-state index in [1.54, 1.807) is 32.4 Å². The highest BCUT2D eigenvalue weighted by atomic mass is 32.1. The average Bonchev–Trinajstić information content (AvgIpc) is 3.27. The van der Waals surface area contributed by atoms with Crippen molar-refractivity contribution in [2.45, 2.75) is 6.54 Å². The molecule has 8 nitrogen and oxygen atoms in total. The molecule has 4 rings (SSSR count). The standard InChI is InChI=1S/C23H19N3O5S/c1-30-18-11-12-19(31-2)21-20(18)24-23(32-21)25(14-15-7-4-3-5-8-15)22(27)16-9-6-10-17(13-16)26(28)29/h3-13H,14H2,1-2H3. The van der Waals surface area contributed by atoms with E-state index in [1.165, 1.54) is 34.4 Å². The second-order valence-corrected chi connectivity index (χ2v) is 7.81. The van der Waals surface area contributed by atoms with E-state index in [2.05, 4.69) is 4.98 Å². The number of hydrogen-bond donors (Lipinski definition) is 0. The summed E-state index contributed by atoms with van der Waals surface area (Å²) in [5.41, 5.74) is 1.53. The number of benzene rings is 3. The average molecular weight is 449 g/mol. The van der Waals surface area contributed by atoms with E-state index in [9.17, 15) is 14.9 Å². The van der Waals surface area contributed by atoms with Gasteiger partial charge in [-0.05, 0) is 23.8 Å². The first-order valence-corrected chi connectivity index (χ1v) is 10.4. The molecular formula is C23H19N3O5S. The van der Waals surface area contributed by atoms with Crippen LogP contribution in [0.3, 0.4) is 0 Å². The van der Waals surface area contributed by atoms with Gasteiger partial charge in [-0.25, -0.2) is 4.98 Å². The van der Waals surface area contributed by atoms with E-state index in [0.29, 0.717) is 22.1 Å². The van der Waals surface area contributed by atoms with E-state index in [1.807, 2.05) is 30.3 Å². The second kappa shape index (κ2) is 9.03. The molecule has 9 heteroatoms. The molecule has 1 heterocycles. The van der Waals surface area contributed by atoms with Gasteiger partial charge in [0.15, 0.2) is 5.13 Å². The molecule has 1 aromatic heterocycles. The molecule has 0 radical (unpaired) electrons. The van der Waals surface area contributed by atoms with Gasteiger partial charge in [0.05, 0.1) is 25.7 Å². The first kappa shape index (κ1) is 21.3. The lowest BCUT2D eigenvalue weighted by atomic mass is 10.1. The summed E-state index contributed by atoms with van der Waals surface area (Å²) in [6, 6.07) is 18.7. The first-order valence-electron chi connectivity index (χ1n) is 9.63. The van der Waals surface area contributed by atoms with Gasteiger partial charge < -0.3 is 9.47 Å². The van der Waals surface area contributed by atoms with E-state index in [0.717, 1.165) is 10.3 Å². The quantitative estimate of drug-likeness (QED) is 0.289. The number of non-ortho nitro benzene ring substituents is 1. The highest BCUT2D eigenvalue weighted by Gasteiger charge is 2.25. The van der Waals surface area contributed by atoms with Crippen LogP contribution in [0.25, 0.3) is 10.2 Å². The lowest BCUT2D eigenvalue weighted by Crippen LogP contribution is -2.30. The minimum Gasteiger partial charge on any atom is -0.495 e. The zero-order valence-corrected chi connectivity index (χ0v) is 18.2. The lowest BCUT2D eigenvalue weighted by Gasteiger charge is -2.20. The SMILES string of the molecule is COc1ccc(OC)c2sc(N(Cc3ccccc3)C(=O)c3cccc([N+](=O)[O-])c3)nc12. The van der Waals surface area contributed by atoms with E-state index in [4.69, 9.17) is 9.47 Å². The van der Waals surface area contributed by atoms with Crippen LogP contribution in [0.1, 0.15) is 15.9 Å². The zero-order valence-electron chi connectivity index (χ0n) is 17.3. The van der Waals surface area contributed by atoms with Gasteiger partial charge in [0.25, 0.3) is 11.6 Å². The van der Waals surface area contributed by atoms with Crippen LogP contribution in [-0.2, 0) is 6.54 Å². The number of fused-ring (bicyclic) bond motifs is 1. The molecule has 0 fully saturated rings. The lowest BCUT2D eigenvalue weighted by molar-refractivity contribution is -0.384. The molecule has 3 aromatic carbocycles. The molecular weight excluding hydrogens is 430 g/mol. The number of nitro groups is 1. The summed E-state index contributed by atoms with van der Waals surface area (Å²) in [5.74, 6) is 0.785. The van der Waals surface area contributed by atoms with Crippen molar-refractivity contribution in [1.29, 1.82) is 0 Å². The van der Waals surface area contributed by atoms with Crippen LogP contribution < -0.4 is 14.4 Å². The van der Waals surface area contributed by atoms with Crippen molar-refractivity contribution in [3.63, 3.8) is 0 Å². The largest absolute Gasteiger partial charge is 0.495 e. The number of nitro benzene ring substituents is 1. The number of amides is 1. The second-order valence-electron chi connectivity index (χ2n) is 6.83. The van der Waals surface area contributed by atoms with Crippen LogP contribution in [0, 0.1) is 10.1 Å². The minimum absolute atomic E-state index is 0.150. The van der Waals surface area contributed by atoms with Crippen molar-refractivity contribution in [3.05, 3.63) is 88.0 Å². The van der Waals surface area contributed by atoms with Crippen molar-refractivity contribution in [2.24, 2.45) is 0 Å². The number of carbonyl (C=O) groups is 1. The van der Waals surface area contributed by atoms with Gasteiger partial charge in [0.2, 0.25) is 0 Å². The highest BCUT2D eigenvalue weighted by Crippen LogP contribution is 2.40. The number of thiazole rings is 1. The van der Waals surface area contributed by atoms with Crippen LogP contribution in [-0.4, -0.2) is 30.0 Å². The molecule has 0 aliphatic carbocycles. The molecule has 0 saturated heterocycles. The molecule has 0 aliphatic heterocycles. The molecule has 0 spiro atoms. The summed E-state index contributed by atoms with van der Waals surface area (Å²) >= 11 is 1.29. The van der Waals surface area contributed by atoms with Crippen molar-refractivity contribution in [1.82, 2.24) is 4.98 Å². The molecule has 162 valence electrons. The number of ether oxygens (including phenoxy) is 2. The monoisotopic (exact) mass is 449 g/mol. The molecule has 4 aromatic rings. The summed E-state index contributed by atoms with van der Waals surface area (Å²) in [5, 5.41) is 11.6. The van der Waals surface area contributed by atoms with Gasteiger partial charge in [0, 0.05) is 17.7 Å². The van der Waals surface area contributed by atoms with Gasteiger partial charge >= 0.3 is 0 Å². The Morgan fingerprint density at radius 3 is 2.44 bits per heavy atom. The Morgan fingerprint density at radius 1 is 1.03 bits per heavy atom. The van der Waals surface area contributed by atoms with E-state index in [-0.39, 0.29) is 17.8 Å². The number of methoxy groups -OCH3 is 2. The van der Waals surface area contributed by atoms with Gasteiger partial charge in [-0.3, -0.25) is 19.8 Å². The summed E-state index contributed by atoms with van der Waals surface area (Å²) in [7, 11) is 3.12. The molecule has 0 N–H and O–H groups in total. The third-order valence-electron chi connectivity index (χ3n) is 4.86. The molecule has 0 bridgehead atoms. The predicted molar refractivity (Wildman–Crippen MR) is 123 cm³/mol. The van der Waals surface area contributed by atoms with Crippen LogP contribution in [0.15, 0.2) is 66.7 Å². The summed E-state index contributed by atoms with van der Waals surface area (Å²) in [6.07, 6.45) is 0. The molecule has 0 saturated carbocycles. The maximum atomic E-state index is 13.5. The van der Waals surface area contributed by atoms with E-state index >= 15 is 0 Å². The van der Waals surface area contributed by atoms with E-state index < -0.39 is 10.8 Å². The van der Waals surface area contributed by atoms with Gasteiger partial charge in [0.1, 0.15) is 21.7 Å². The number of anilines is 1. The fraction of sp³-hybridized carbons (Fsp3) is 0.130. The Kier molecular flexibility index (Phi) is 6.00. The Balaban J connectivity index is 1.84. The van der Waals surface area contributed by atoms with Crippen molar-refractivity contribution >= 4 is 38.3 Å². The normalized spacial score (nSPS) is 10.7. The minimum atomic E-state index is -0.522. The zero-order chi connectivity index (χ0) is 22.7. The highest BCUT2D eigenvalue weighted by molar-refractivity contribution is 7.22. The van der Waals surface area contributed by atoms with Crippen molar-refractivity contribution in [2.75, 3.05) is 19.1 Å². The van der Waals surface area contributed by atoms with Gasteiger partial charge in [-0.2, -0.15) is 0 Å². The van der Waals surface area contributed by atoms with Crippen molar-refractivity contribution in [3.8, 4) is 11.5 Å². The summed E-state index contributed by atoms with van der Waals surface area (Å²) in [6.45, 7) is 0.243. The molecule has 1 amide bonds. The Labute approximate surface area is 187 Å². The molecule has 32 heavy (non-hydrogen) atoms. The third-order valence-corrected chi connectivity index (χ3v) is 5.96. The maximum Gasteiger partial charge on any atom is 0.270 e. The predicted octanol–water partition coefficient (Wildman–Crippen LogP) is 5.07. The summed E-state index contributed by atoms with van der Waals surface area (Å²) < 4.78 is 11.6. The Hall–Kier alpha value is -3.98. The van der Waals surface area contributed by atoms with Crippen molar-refractivity contribution < 1.29 is 19.2 Å². The van der Waals surface area contributed by atoms with Gasteiger partial charge in [-0.15, -0.1) is 0 Å². The van der Waals surface area contributed by atoms with Crippen LogP contribution in [0.5, 0.6) is 11.5 Å². The number of rotatable bonds is 7. The van der Waals surface area contributed by atoms with Crippen LogP contribution in [0.2, 0.25) is 0 Å². The maximum absolute atomic E-state index is 13.5. The third kappa shape index (κ3) is 4.10. The number of aromatic nitrogens is 1. The number of hydrogen-bond acceptors (Lipinski definition) is 7. The van der Waals surface area contributed by atoms with Crippen LogP contribution >= 0.6 is 11.3 Å². The molecule has 0 aliphatic rings. The molecule has 0 atom stereocenters. The number of nitrogens with zero attached hydrogens (tertiary/aromatic N) is 3. The molecule has 0 unspecified atom stereocenters. The number of carbonyl (C=O) groups excluding carboxylic acids is 1. The smallest absolute Gasteiger partial charge is 0.270 e. The van der Waals surface area contributed by atoms with Crippen LogP contribution in [0.4, 0.5) is 10.8 Å². The topological polar surface area (TPSA) is 94.8 Å². The van der Waals surface area contributed by atoms with Gasteiger partial charge in [-0.1, -0.05) is 47.7 Å².